The summed E-state index contributed by atoms with van der Waals surface area (Å²) in [5, 5.41) is 10.9. The van der Waals surface area contributed by atoms with E-state index in [-0.39, 0.29) is 17.9 Å². The molecule has 1 aromatic heterocycles. The normalized spacial score (nSPS) is 15.6. The number of ether oxygens (including phenoxy) is 2. The second kappa shape index (κ2) is 10.4. The minimum absolute atomic E-state index is 0.0355. The Kier molecular flexibility index (Phi) is 7.49. The van der Waals surface area contributed by atoms with E-state index in [1.807, 2.05) is 19.1 Å². The van der Waals surface area contributed by atoms with Gasteiger partial charge in [-0.2, -0.15) is 0 Å². The Hall–Kier alpha value is -2.88. The summed E-state index contributed by atoms with van der Waals surface area (Å²) < 4.78 is 13.1. The molecule has 10 heteroatoms. The van der Waals surface area contributed by atoms with E-state index in [1.54, 1.807) is 44.2 Å². The Bertz CT molecular complexity index is 1510. The molecule has 1 unspecified atom stereocenters. The number of esters is 1. The minimum atomic E-state index is -0.733. The second-order valence-corrected chi connectivity index (χ2v) is 9.93. The van der Waals surface area contributed by atoms with Gasteiger partial charge in [0.05, 0.1) is 39.5 Å². The fourth-order valence-electron chi connectivity index (χ4n) is 3.86. The number of carbonyl (C=O) groups excluding carboxylic acids is 1. The Labute approximate surface area is 218 Å². The lowest BCUT2D eigenvalue weighted by Crippen LogP contribution is -2.39. The van der Waals surface area contributed by atoms with Crippen LogP contribution in [-0.4, -0.2) is 28.9 Å². The molecule has 3 aromatic rings. The average molecular weight is 578 g/mol. The van der Waals surface area contributed by atoms with Crippen molar-refractivity contribution in [2.75, 3.05) is 13.2 Å². The lowest BCUT2D eigenvalue weighted by molar-refractivity contribution is -0.139. The zero-order valence-corrected chi connectivity index (χ0v) is 22.3. The van der Waals surface area contributed by atoms with Crippen LogP contribution in [0.1, 0.15) is 37.9 Å². The molecule has 0 saturated heterocycles. The first kappa shape index (κ1) is 25.2. The number of nitrogens with zero attached hydrogens (tertiary/aromatic N) is 2. The molecule has 0 amide bonds. The Morgan fingerprint density at radius 3 is 2.63 bits per heavy atom. The predicted octanol–water partition coefficient (Wildman–Crippen LogP) is 4.32. The Morgan fingerprint density at radius 2 is 1.97 bits per heavy atom. The van der Waals surface area contributed by atoms with Crippen molar-refractivity contribution in [1.29, 1.82) is 0 Å². The molecule has 0 aliphatic carbocycles. The van der Waals surface area contributed by atoms with Crippen LogP contribution >= 0.6 is 38.9 Å². The molecule has 7 nitrogen and oxygen atoms in total. The SMILES string of the molecule is CCOC(=O)C1=C(C)N=c2s/c(=C/c3cc(Cl)cc(Br)c3O)c(=O)n2C1c1ccc(OCC)cc1. The van der Waals surface area contributed by atoms with Gasteiger partial charge in [0.1, 0.15) is 11.5 Å². The number of hydrogen-bond acceptors (Lipinski definition) is 7. The third kappa shape index (κ3) is 4.94. The first-order valence-corrected chi connectivity index (χ1v) is 12.8. The highest BCUT2D eigenvalue weighted by Crippen LogP contribution is 2.33. The van der Waals surface area contributed by atoms with Gasteiger partial charge in [-0.05, 0) is 72.6 Å². The molecule has 0 fully saturated rings. The van der Waals surface area contributed by atoms with Crippen LogP contribution in [0.25, 0.3) is 6.08 Å². The molecule has 4 rings (SSSR count). The summed E-state index contributed by atoms with van der Waals surface area (Å²) >= 11 is 10.6. The van der Waals surface area contributed by atoms with E-state index < -0.39 is 12.0 Å². The van der Waals surface area contributed by atoms with Crippen molar-refractivity contribution in [1.82, 2.24) is 4.57 Å². The number of fused-ring (bicyclic) bond motifs is 1. The number of carbonyl (C=O) groups is 1. The molecule has 2 heterocycles. The van der Waals surface area contributed by atoms with Crippen LogP contribution in [0.15, 0.2) is 61.9 Å². The first-order chi connectivity index (χ1) is 16.7. The van der Waals surface area contributed by atoms with E-state index in [9.17, 15) is 14.7 Å². The predicted molar refractivity (Wildman–Crippen MR) is 139 cm³/mol. The van der Waals surface area contributed by atoms with Gasteiger partial charge in [0.25, 0.3) is 5.56 Å². The van der Waals surface area contributed by atoms with E-state index >= 15 is 0 Å². The third-order valence-electron chi connectivity index (χ3n) is 5.37. The summed E-state index contributed by atoms with van der Waals surface area (Å²) in [5.74, 6) is 0.120. The van der Waals surface area contributed by atoms with Gasteiger partial charge in [-0.3, -0.25) is 9.36 Å². The summed E-state index contributed by atoms with van der Waals surface area (Å²) in [5.41, 5.74) is 1.52. The molecule has 0 spiro atoms. The van der Waals surface area contributed by atoms with Crippen LogP contribution in [0.3, 0.4) is 0 Å². The molecule has 2 aromatic carbocycles. The number of benzene rings is 2. The van der Waals surface area contributed by atoms with Crippen molar-refractivity contribution in [3.8, 4) is 11.5 Å². The smallest absolute Gasteiger partial charge is 0.338 e. The standard InChI is InChI=1S/C25H22BrClN2O5S/c1-4-33-17-8-6-14(7-9-17)21-20(24(32)34-5-2)13(3)28-25-29(21)23(31)19(35-25)11-15-10-16(27)12-18(26)22(15)30/h6-12,21,30H,4-5H2,1-3H3/b19-11+. The number of aromatic hydroxyl groups is 1. The molecular formula is C25H22BrClN2O5S. The third-order valence-corrected chi connectivity index (χ3v) is 7.17. The van der Waals surface area contributed by atoms with Gasteiger partial charge < -0.3 is 14.6 Å². The topological polar surface area (TPSA) is 90.1 Å². The summed E-state index contributed by atoms with van der Waals surface area (Å²) in [6, 6.07) is 9.65. The maximum atomic E-state index is 13.6. The molecule has 182 valence electrons. The number of thiazole rings is 1. The average Bonchev–Trinajstić information content (AvgIpc) is 3.11. The van der Waals surface area contributed by atoms with Crippen molar-refractivity contribution < 1.29 is 19.4 Å². The fraction of sp³-hybridized carbons (Fsp3) is 0.240. The zero-order chi connectivity index (χ0) is 25.3. The van der Waals surface area contributed by atoms with Gasteiger partial charge in [0.2, 0.25) is 0 Å². The molecule has 1 aliphatic rings. The molecule has 0 saturated carbocycles. The first-order valence-electron chi connectivity index (χ1n) is 10.9. The summed E-state index contributed by atoms with van der Waals surface area (Å²) in [7, 11) is 0. The van der Waals surface area contributed by atoms with Crippen molar-refractivity contribution in [3.05, 3.63) is 88.0 Å². The van der Waals surface area contributed by atoms with Gasteiger partial charge in [0, 0.05) is 10.6 Å². The van der Waals surface area contributed by atoms with Crippen LogP contribution in [0.5, 0.6) is 11.5 Å². The van der Waals surface area contributed by atoms with Crippen LogP contribution in [-0.2, 0) is 9.53 Å². The minimum Gasteiger partial charge on any atom is -0.506 e. The van der Waals surface area contributed by atoms with E-state index in [0.29, 0.717) is 53.6 Å². The van der Waals surface area contributed by atoms with E-state index in [2.05, 4.69) is 20.9 Å². The number of phenolic OH excluding ortho intramolecular Hbond substituents is 1. The van der Waals surface area contributed by atoms with Crippen LogP contribution in [0.4, 0.5) is 0 Å². The number of aromatic nitrogens is 1. The van der Waals surface area contributed by atoms with Crippen molar-refractivity contribution in [2.45, 2.75) is 26.8 Å². The van der Waals surface area contributed by atoms with Gasteiger partial charge in [-0.15, -0.1) is 0 Å². The molecule has 35 heavy (non-hydrogen) atoms. The van der Waals surface area contributed by atoms with Crippen LogP contribution in [0.2, 0.25) is 5.02 Å². The monoisotopic (exact) mass is 576 g/mol. The summed E-state index contributed by atoms with van der Waals surface area (Å²) in [4.78, 5) is 31.6. The molecule has 1 N–H and O–H groups in total. The van der Waals surface area contributed by atoms with E-state index in [0.717, 1.165) is 0 Å². The van der Waals surface area contributed by atoms with Crippen LogP contribution in [0, 0.1) is 0 Å². The quantitative estimate of drug-likeness (QED) is 0.441. The largest absolute Gasteiger partial charge is 0.506 e. The highest BCUT2D eigenvalue weighted by molar-refractivity contribution is 9.10. The lowest BCUT2D eigenvalue weighted by Gasteiger charge is -2.24. The number of halogens is 2. The van der Waals surface area contributed by atoms with E-state index in [1.165, 1.54) is 15.9 Å². The Morgan fingerprint density at radius 1 is 1.26 bits per heavy atom. The molecule has 0 radical (unpaired) electrons. The molecule has 0 bridgehead atoms. The van der Waals surface area contributed by atoms with Gasteiger partial charge >= 0.3 is 5.97 Å². The van der Waals surface area contributed by atoms with Gasteiger partial charge in [-0.25, -0.2) is 9.79 Å². The van der Waals surface area contributed by atoms with E-state index in [4.69, 9.17) is 21.1 Å². The van der Waals surface area contributed by atoms with Gasteiger partial charge in [-0.1, -0.05) is 35.1 Å². The van der Waals surface area contributed by atoms with Crippen molar-refractivity contribution >= 4 is 50.9 Å². The maximum Gasteiger partial charge on any atom is 0.338 e. The molecule has 1 atom stereocenters. The zero-order valence-electron chi connectivity index (χ0n) is 19.2. The molecular weight excluding hydrogens is 556 g/mol. The highest BCUT2D eigenvalue weighted by atomic mass is 79.9. The van der Waals surface area contributed by atoms with Crippen LogP contribution < -0.4 is 19.6 Å². The number of allylic oxidation sites excluding steroid dienone is 1. The van der Waals surface area contributed by atoms with Crippen molar-refractivity contribution in [3.63, 3.8) is 0 Å². The summed E-state index contributed by atoms with van der Waals surface area (Å²) in [6.07, 6.45) is 1.56. The number of rotatable bonds is 6. The second-order valence-electron chi connectivity index (χ2n) is 7.63. The number of phenols is 1. The maximum absolute atomic E-state index is 13.6. The van der Waals surface area contributed by atoms with Gasteiger partial charge in [0.15, 0.2) is 4.80 Å². The fourth-order valence-corrected chi connectivity index (χ4v) is 5.73. The Balaban J connectivity index is 1.94. The lowest BCUT2D eigenvalue weighted by atomic mass is 9.96. The highest BCUT2D eigenvalue weighted by Gasteiger charge is 2.33. The number of hydrogen-bond donors (Lipinski definition) is 1. The van der Waals surface area contributed by atoms with Crippen molar-refractivity contribution in [2.24, 2.45) is 4.99 Å². The summed E-state index contributed by atoms with van der Waals surface area (Å²) in [6.45, 7) is 6.07. The molecule has 1 aliphatic heterocycles.